The highest BCUT2D eigenvalue weighted by molar-refractivity contribution is 7.98. The second kappa shape index (κ2) is 10.6. The maximum Gasteiger partial charge on any atom is 0.257 e. The van der Waals surface area contributed by atoms with Crippen LogP contribution >= 0.6 is 11.8 Å². The van der Waals surface area contributed by atoms with Crippen molar-refractivity contribution in [2.45, 2.75) is 23.8 Å². The summed E-state index contributed by atoms with van der Waals surface area (Å²) in [6.45, 7) is 1.46. The number of benzene rings is 2. The summed E-state index contributed by atoms with van der Waals surface area (Å²) in [6, 6.07) is 21.2. The van der Waals surface area contributed by atoms with Gasteiger partial charge in [-0.1, -0.05) is 48.2 Å². The lowest BCUT2D eigenvalue weighted by Crippen LogP contribution is -2.25. The van der Waals surface area contributed by atoms with Gasteiger partial charge in [0.05, 0.1) is 0 Å². The molecule has 0 spiro atoms. The molecule has 0 atom stereocenters. The second-order valence-corrected chi connectivity index (χ2v) is 7.92. The van der Waals surface area contributed by atoms with Crippen molar-refractivity contribution in [3.8, 4) is 0 Å². The highest BCUT2D eigenvalue weighted by Gasteiger charge is 2.12. The van der Waals surface area contributed by atoms with Crippen LogP contribution in [0.5, 0.6) is 0 Å². The molecule has 31 heavy (non-hydrogen) atoms. The lowest BCUT2D eigenvalue weighted by Gasteiger charge is -2.10. The van der Waals surface area contributed by atoms with Crippen molar-refractivity contribution in [3.05, 3.63) is 84.1 Å². The summed E-state index contributed by atoms with van der Waals surface area (Å²) < 4.78 is 5.77. The lowest BCUT2D eigenvalue weighted by molar-refractivity contribution is 0.0952. The van der Waals surface area contributed by atoms with E-state index in [-0.39, 0.29) is 5.91 Å². The Labute approximate surface area is 185 Å². The van der Waals surface area contributed by atoms with Gasteiger partial charge in [0.25, 0.3) is 11.1 Å². The molecule has 0 aliphatic rings. The molecule has 0 fully saturated rings. The quantitative estimate of drug-likeness (QED) is 0.267. The smallest absolute Gasteiger partial charge is 0.257 e. The zero-order valence-electron chi connectivity index (χ0n) is 17.1. The average Bonchev–Trinajstić information content (AvgIpc) is 3.24. The third kappa shape index (κ3) is 5.86. The van der Waals surface area contributed by atoms with Gasteiger partial charge in [0.2, 0.25) is 0 Å². The summed E-state index contributed by atoms with van der Waals surface area (Å²) in [6.07, 6.45) is 3.61. The fourth-order valence-electron chi connectivity index (χ4n) is 3.15. The predicted molar refractivity (Wildman–Crippen MR) is 124 cm³/mol. The summed E-state index contributed by atoms with van der Waals surface area (Å²) >= 11 is 1.49. The summed E-state index contributed by atoms with van der Waals surface area (Å²) in [7, 11) is 0. The van der Waals surface area contributed by atoms with Gasteiger partial charge in [-0.3, -0.25) is 4.79 Å². The monoisotopic (exact) mass is 432 g/mol. The van der Waals surface area contributed by atoms with Gasteiger partial charge in [0.15, 0.2) is 5.58 Å². The highest BCUT2D eigenvalue weighted by atomic mass is 32.2. The van der Waals surface area contributed by atoms with E-state index in [1.807, 2.05) is 66.7 Å². The third-order valence-electron chi connectivity index (χ3n) is 4.75. The largest absolute Gasteiger partial charge is 0.431 e. The van der Waals surface area contributed by atoms with Gasteiger partial charge in [-0.05, 0) is 48.7 Å². The first-order valence-electron chi connectivity index (χ1n) is 10.3. The van der Waals surface area contributed by atoms with Crippen LogP contribution in [0.2, 0.25) is 0 Å². The fraction of sp³-hybridized carbons (Fsp3) is 0.208. The predicted octanol–water partition coefficient (Wildman–Crippen LogP) is 5.14. The molecule has 0 unspecified atom stereocenters. The summed E-state index contributed by atoms with van der Waals surface area (Å²) in [5.74, 6) is 1.44. The van der Waals surface area contributed by atoms with Crippen LogP contribution in [0.4, 0.5) is 5.82 Å². The Kier molecular flexibility index (Phi) is 7.18. The number of fused-ring (bicyclic) bond motifs is 1. The van der Waals surface area contributed by atoms with Gasteiger partial charge in [0.1, 0.15) is 11.3 Å². The molecule has 4 rings (SSSR count). The molecular formula is C24H24N4O2S. The van der Waals surface area contributed by atoms with Gasteiger partial charge in [-0.2, -0.15) is 0 Å². The molecular weight excluding hydrogens is 408 g/mol. The number of aromatic nitrogens is 2. The number of hydrogen-bond acceptors (Lipinski definition) is 6. The van der Waals surface area contributed by atoms with Crippen molar-refractivity contribution in [2.24, 2.45) is 0 Å². The lowest BCUT2D eigenvalue weighted by atomic mass is 10.1. The number of unbranched alkanes of at least 4 members (excludes halogenated alkanes) is 1. The minimum absolute atomic E-state index is 0.0496. The van der Waals surface area contributed by atoms with E-state index in [0.717, 1.165) is 41.9 Å². The van der Waals surface area contributed by atoms with E-state index in [9.17, 15) is 4.79 Å². The molecule has 0 radical (unpaired) electrons. The molecule has 4 aromatic rings. The number of oxazole rings is 1. The van der Waals surface area contributed by atoms with E-state index in [2.05, 4.69) is 20.6 Å². The number of nitrogens with one attached hydrogen (secondary N) is 2. The van der Waals surface area contributed by atoms with Crippen LogP contribution < -0.4 is 10.6 Å². The van der Waals surface area contributed by atoms with Gasteiger partial charge in [-0.15, -0.1) is 0 Å². The normalized spacial score (nSPS) is 10.8. The number of para-hydroxylation sites is 2. The van der Waals surface area contributed by atoms with Crippen molar-refractivity contribution in [2.75, 3.05) is 18.4 Å². The molecule has 2 N–H and O–H groups in total. The number of hydrogen-bond donors (Lipinski definition) is 2. The number of pyridine rings is 1. The van der Waals surface area contributed by atoms with E-state index in [4.69, 9.17) is 4.42 Å². The van der Waals surface area contributed by atoms with Crippen molar-refractivity contribution >= 4 is 34.6 Å². The molecule has 2 aromatic heterocycles. The third-order valence-corrected chi connectivity index (χ3v) is 5.62. The minimum atomic E-state index is -0.0496. The van der Waals surface area contributed by atoms with Crippen LogP contribution in [0.25, 0.3) is 11.1 Å². The zero-order chi connectivity index (χ0) is 21.3. The first-order chi connectivity index (χ1) is 15.3. The summed E-state index contributed by atoms with van der Waals surface area (Å²) in [5, 5.41) is 6.91. The van der Waals surface area contributed by atoms with Crippen molar-refractivity contribution < 1.29 is 9.21 Å². The summed E-state index contributed by atoms with van der Waals surface area (Å²) in [4.78, 5) is 21.4. The Balaban J connectivity index is 1.24. The van der Waals surface area contributed by atoms with Crippen molar-refractivity contribution in [1.82, 2.24) is 15.3 Å². The fourth-order valence-corrected chi connectivity index (χ4v) is 3.99. The topological polar surface area (TPSA) is 80.0 Å². The number of anilines is 1. The number of amides is 1. The molecule has 6 nitrogen and oxygen atoms in total. The van der Waals surface area contributed by atoms with Gasteiger partial charge < -0.3 is 15.1 Å². The average molecular weight is 433 g/mol. The number of nitrogens with zero attached hydrogens (tertiary/aromatic N) is 2. The Bertz CT molecular complexity index is 1100. The molecule has 0 bridgehead atoms. The van der Waals surface area contributed by atoms with E-state index in [1.165, 1.54) is 11.8 Å². The van der Waals surface area contributed by atoms with E-state index < -0.39 is 0 Å². The highest BCUT2D eigenvalue weighted by Crippen LogP contribution is 2.27. The van der Waals surface area contributed by atoms with Gasteiger partial charge >= 0.3 is 0 Å². The summed E-state index contributed by atoms with van der Waals surface area (Å²) in [5.41, 5.74) is 3.27. The molecule has 2 heterocycles. The van der Waals surface area contributed by atoms with Crippen LogP contribution in [0, 0.1) is 0 Å². The van der Waals surface area contributed by atoms with Crippen LogP contribution in [0.15, 0.2) is 82.6 Å². The van der Waals surface area contributed by atoms with Crippen LogP contribution in [-0.2, 0) is 5.75 Å². The number of thioether (sulfide) groups is 1. The zero-order valence-corrected chi connectivity index (χ0v) is 17.9. The molecule has 0 saturated heterocycles. The first kappa shape index (κ1) is 20.9. The molecule has 0 saturated carbocycles. The molecule has 0 aliphatic carbocycles. The molecule has 158 valence electrons. The second-order valence-electron chi connectivity index (χ2n) is 7.00. The Hall–Kier alpha value is -3.32. The van der Waals surface area contributed by atoms with E-state index in [0.29, 0.717) is 23.1 Å². The SMILES string of the molecule is O=C(NCCCCNc1ccccn1)c1ccccc1CSc1nc2ccccc2o1. The van der Waals surface area contributed by atoms with E-state index in [1.54, 1.807) is 6.20 Å². The standard InChI is InChI=1S/C24H24N4O2S/c29-23(27-16-8-7-15-26-22-13-5-6-14-25-22)19-10-2-1-9-18(19)17-31-24-28-20-11-3-4-12-21(20)30-24/h1-6,9-14H,7-8,15-17H2,(H,25,26)(H,27,29). The Morgan fingerprint density at radius 3 is 2.61 bits per heavy atom. The molecule has 7 heteroatoms. The number of carbonyl (C=O) groups excluding carboxylic acids is 1. The van der Waals surface area contributed by atoms with Crippen LogP contribution in [0.3, 0.4) is 0 Å². The maximum atomic E-state index is 12.7. The molecule has 1 amide bonds. The van der Waals surface area contributed by atoms with Gasteiger partial charge in [0, 0.05) is 30.6 Å². The Morgan fingerprint density at radius 2 is 1.74 bits per heavy atom. The minimum Gasteiger partial charge on any atom is -0.431 e. The first-order valence-corrected chi connectivity index (χ1v) is 11.3. The molecule has 0 aliphatic heterocycles. The number of carbonyl (C=O) groups is 1. The molecule has 2 aromatic carbocycles. The Morgan fingerprint density at radius 1 is 0.935 bits per heavy atom. The van der Waals surface area contributed by atoms with Crippen LogP contribution in [-0.4, -0.2) is 29.0 Å². The van der Waals surface area contributed by atoms with E-state index >= 15 is 0 Å². The van der Waals surface area contributed by atoms with Crippen molar-refractivity contribution in [1.29, 1.82) is 0 Å². The number of rotatable bonds is 10. The van der Waals surface area contributed by atoms with Crippen LogP contribution in [0.1, 0.15) is 28.8 Å². The van der Waals surface area contributed by atoms with Gasteiger partial charge in [-0.25, -0.2) is 9.97 Å². The van der Waals surface area contributed by atoms with Crippen molar-refractivity contribution in [3.63, 3.8) is 0 Å². The maximum absolute atomic E-state index is 12.7.